The Kier molecular flexibility index (Phi) is 4.84. The third-order valence-corrected chi connectivity index (χ3v) is 4.69. The lowest BCUT2D eigenvalue weighted by Gasteiger charge is -2.27. The van der Waals surface area contributed by atoms with Gasteiger partial charge in [0.05, 0.1) is 41.3 Å². The van der Waals surface area contributed by atoms with Crippen molar-refractivity contribution in [3.8, 4) is 5.69 Å². The second kappa shape index (κ2) is 7.45. The number of hydrogen-bond acceptors (Lipinski definition) is 6. The van der Waals surface area contributed by atoms with E-state index < -0.39 is 16.3 Å². The van der Waals surface area contributed by atoms with Crippen LogP contribution in [0.5, 0.6) is 0 Å². The van der Waals surface area contributed by atoms with Gasteiger partial charge in [0.1, 0.15) is 11.6 Å². The Morgan fingerprint density at radius 1 is 1.18 bits per heavy atom. The Morgan fingerprint density at radius 2 is 1.93 bits per heavy atom. The number of fused-ring (bicyclic) bond motifs is 1. The van der Waals surface area contributed by atoms with Gasteiger partial charge in [-0.2, -0.15) is 0 Å². The molecule has 3 aromatic rings. The molecule has 0 amide bonds. The molecular formula is C19H17FN4O4. The van der Waals surface area contributed by atoms with Crippen LogP contribution in [-0.2, 0) is 11.3 Å². The number of hydrogen-bond donors (Lipinski definition) is 0. The topological polar surface area (TPSA) is 90.5 Å². The number of nitro groups is 1. The molecule has 2 heterocycles. The van der Waals surface area contributed by atoms with E-state index in [-0.39, 0.29) is 16.8 Å². The summed E-state index contributed by atoms with van der Waals surface area (Å²) in [7, 11) is 0. The lowest BCUT2D eigenvalue weighted by Crippen LogP contribution is -2.38. The zero-order chi connectivity index (χ0) is 19.7. The van der Waals surface area contributed by atoms with E-state index in [9.17, 15) is 19.3 Å². The Hall–Kier alpha value is -3.17. The van der Waals surface area contributed by atoms with Crippen molar-refractivity contribution in [2.75, 3.05) is 26.3 Å². The molecule has 9 heteroatoms. The predicted octanol–water partition coefficient (Wildman–Crippen LogP) is 2.27. The summed E-state index contributed by atoms with van der Waals surface area (Å²) in [4.78, 5) is 30.3. The minimum absolute atomic E-state index is 0.0664. The Bertz CT molecular complexity index is 1110. The molecule has 4 rings (SSSR count). The van der Waals surface area contributed by atoms with Crippen molar-refractivity contribution in [1.29, 1.82) is 0 Å². The molecule has 28 heavy (non-hydrogen) atoms. The molecule has 0 bridgehead atoms. The average Bonchev–Trinajstić information content (AvgIpc) is 2.70. The fourth-order valence-electron chi connectivity index (χ4n) is 3.28. The average molecular weight is 384 g/mol. The molecule has 1 aliphatic heterocycles. The number of nitro benzene ring substituents is 1. The van der Waals surface area contributed by atoms with Crippen LogP contribution in [-0.4, -0.2) is 45.7 Å². The number of non-ortho nitro benzene ring substituents is 1. The van der Waals surface area contributed by atoms with E-state index in [1.54, 1.807) is 6.07 Å². The highest BCUT2D eigenvalue weighted by atomic mass is 19.1. The minimum atomic E-state index is -0.575. The van der Waals surface area contributed by atoms with Gasteiger partial charge >= 0.3 is 0 Å². The monoisotopic (exact) mass is 384 g/mol. The largest absolute Gasteiger partial charge is 0.379 e. The van der Waals surface area contributed by atoms with Gasteiger partial charge in [0, 0.05) is 25.2 Å². The summed E-state index contributed by atoms with van der Waals surface area (Å²) in [6, 6.07) is 9.85. The lowest BCUT2D eigenvalue weighted by molar-refractivity contribution is -0.384. The van der Waals surface area contributed by atoms with E-state index in [4.69, 9.17) is 4.74 Å². The van der Waals surface area contributed by atoms with Crippen LogP contribution in [0.4, 0.5) is 10.1 Å². The van der Waals surface area contributed by atoms with E-state index in [1.165, 1.54) is 41.0 Å². The first-order chi connectivity index (χ1) is 13.5. The molecule has 1 aromatic heterocycles. The van der Waals surface area contributed by atoms with E-state index >= 15 is 0 Å². The molecule has 8 nitrogen and oxygen atoms in total. The van der Waals surface area contributed by atoms with E-state index in [0.717, 1.165) is 0 Å². The van der Waals surface area contributed by atoms with E-state index in [2.05, 4.69) is 9.88 Å². The highest BCUT2D eigenvalue weighted by molar-refractivity contribution is 5.80. The van der Waals surface area contributed by atoms with Gasteiger partial charge in [-0.15, -0.1) is 0 Å². The molecule has 0 saturated carbocycles. The number of aromatic nitrogens is 2. The maximum absolute atomic E-state index is 14.5. The number of rotatable bonds is 4. The van der Waals surface area contributed by atoms with Crippen molar-refractivity contribution in [2.24, 2.45) is 0 Å². The quantitative estimate of drug-likeness (QED) is 0.506. The number of para-hydroxylation sites is 1. The van der Waals surface area contributed by atoms with Crippen LogP contribution in [0.25, 0.3) is 16.6 Å². The maximum atomic E-state index is 14.5. The Balaban J connectivity index is 1.94. The van der Waals surface area contributed by atoms with Gasteiger partial charge in [-0.1, -0.05) is 12.1 Å². The van der Waals surface area contributed by atoms with E-state index in [0.29, 0.717) is 44.2 Å². The van der Waals surface area contributed by atoms with Gasteiger partial charge in [0.2, 0.25) is 0 Å². The van der Waals surface area contributed by atoms with Crippen molar-refractivity contribution < 1.29 is 14.1 Å². The molecule has 0 atom stereocenters. The van der Waals surface area contributed by atoms with Crippen molar-refractivity contribution in [3.05, 3.63) is 74.6 Å². The van der Waals surface area contributed by atoms with Gasteiger partial charge in [0.15, 0.2) is 0 Å². The number of benzene rings is 2. The number of halogens is 1. The van der Waals surface area contributed by atoms with Crippen LogP contribution in [0, 0.1) is 15.9 Å². The predicted molar refractivity (Wildman–Crippen MR) is 100 cm³/mol. The zero-order valence-electron chi connectivity index (χ0n) is 14.9. The summed E-state index contributed by atoms with van der Waals surface area (Å²) < 4.78 is 21.0. The van der Waals surface area contributed by atoms with E-state index in [1.807, 2.05) is 0 Å². The van der Waals surface area contributed by atoms with Crippen molar-refractivity contribution in [2.45, 2.75) is 6.54 Å². The van der Waals surface area contributed by atoms with Crippen molar-refractivity contribution >= 4 is 16.6 Å². The summed E-state index contributed by atoms with van der Waals surface area (Å²) in [6.07, 6.45) is 0. The maximum Gasteiger partial charge on any atom is 0.270 e. The first kappa shape index (κ1) is 18.2. The van der Waals surface area contributed by atoms with Gasteiger partial charge in [0.25, 0.3) is 11.2 Å². The molecule has 144 valence electrons. The van der Waals surface area contributed by atoms with Crippen LogP contribution in [0.15, 0.2) is 47.3 Å². The van der Waals surface area contributed by atoms with Crippen LogP contribution in [0.2, 0.25) is 0 Å². The summed E-state index contributed by atoms with van der Waals surface area (Å²) in [5.41, 5.74) is -0.349. The molecule has 0 N–H and O–H groups in total. The SMILES string of the molecule is O=c1c2cc([N+](=O)[O-])ccc2nc(CN2CCOCC2)n1-c1ccccc1F. The Labute approximate surface area is 158 Å². The fraction of sp³-hybridized carbons (Fsp3) is 0.263. The summed E-state index contributed by atoms with van der Waals surface area (Å²) >= 11 is 0. The molecule has 0 spiro atoms. The van der Waals surface area contributed by atoms with Gasteiger partial charge < -0.3 is 4.74 Å². The molecule has 1 aliphatic rings. The smallest absolute Gasteiger partial charge is 0.270 e. The van der Waals surface area contributed by atoms with Gasteiger partial charge in [-0.3, -0.25) is 24.4 Å². The highest BCUT2D eigenvalue weighted by Crippen LogP contribution is 2.21. The lowest BCUT2D eigenvalue weighted by atomic mass is 10.2. The second-order valence-electron chi connectivity index (χ2n) is 6.47. The second-order valence-corrected chi connectivity index (χ2v) is 6.47. The summed E-state index contributed by atoms with van der Waals surface area (Å²) in [5.74, 6) is -0.197. The Morgan fingerprint density at radius 3 is 2.64 bits per heavy atom. The molecule has 0 aliphatic carbocycles. The third-order valence-electron chi connectivity index (χ3n) is 4.69. The first-order valence-electron chi connectivity index (χ1n) is 8.79. The molecule has 1 saturated heterocycles. The standard InChI is InChI=1S/C19H17FN4O4/c20-15-3-1-2-4-17(15)23-18(12-22-7-9-28-10-8-22)21-16-6-5-13(24(26)27)11-14(16)19(23)25/h1-6,11H,7-10,12H2. The van der Waals surface area contributed by atoms with Crippen LogP contribution in [0.3, 0.4) is 0 Å². The number of nitrogens with zero attached hydrogens (tertiary/aromatic N) is 4. The van der Waals surface area contributed by atoms with Crippen molar-refractivity contribution in [1.82, 2.24) is 14.5 Å². The normalized spacial score (nSPS) is 15.0. The van der Waals surface area contributed by atoms with Crippen LogP contribution in [0.1, 0.15) is 5.82 Å². The summed E-state index contributed by atoms with van der Waals surface area (Å²) in [5, 5.41) is 11.2. The summed E-state index contributed by atoms with van der Waals surface area (Å²) in [6.45, 7) is 2.82. The van der Waals surface area contributed by atoms with Crippen molar-refractivity contribution in [3.63, 3.8) is 0 Å². The number of morpholine rings is 1. The first-order valence-corrected chi connectivity index (χ1v) is 8.79. The molecule has 1 fully saturated rings. The molecular weight excluding hydrogens is 367 g/mol. The molecule has 0 unspecified atom stereocenters. The fourth-order valence-corrected chi connectivity index (χ4v) is 3.28. The third kappa shape index (κ3) is 3.37. The molecule has 0 radical (unpaired) electrons. The minimum Gasteiger partial charge on any atom is -0.379 e. The zero-order valence-corrected chi connectivity index (χ0v) is 14.9. The van der Waals surface area contributed by atoms with Crippen LogP contribution >= 0.6 is 0 Å². The van der Waals surface area contributed by atoms with Crippen LogP contribution < -0.4 is 5.56 Å². The van der Waals surface area contributed by atoms with Gasteiger partial charge in [-0.05, 0) is 18.2 Å². The molecule has 2 aromatic carbocycles. The van der Waals surface area contributed by atoms with Gasteiger partial charge in [-0.25, -0.2) is 9.37 Å². The number of ether oxygens (including phenoxy) is 1. The highest BCUT2D eigenvalue weighted by Gasteiger charge is 2.20.